The average Bonchev–Trinajstić information content (AvgIpc) is 3.15. The summed E-state index contributed by atoms with van der Waals surface area (Å²) in [5, 5.41) is 7.94. The number of amidine groups is 1. The van der Waals surface area contributed by atoms with Crippen LogP contribution < -0.4 is 21.2 Å². The molecule has 3 rings (SSSR count). The van der Waals surface area contributed by atoms with Crippen molar-refractivity contribution in [2.75, 3.05) is 6.61 Å². The van der Waals surface area contributed by atoms with Crippen molar-refractivity contribution in [2.24, 2.45) is 10.3 Å². The molecule has 2 aromatic rings. The SMILES string of the molecule is C/C(=N\OCc1ccc(F)cc1)c1ccc(OCC2=NNNN2)nc1. The van der Waals surface area contributed by atoms with Crippen molar-refractivity contribution in [1.82, 2.24) is 21.5 Å². The van der Waals surface area contributed by atoms with Gasteiger partial charge in [-0.05, 0) is 30.7 Å². The van der Waals surface area contributed by atoms with E-state index in [1.54, 1.807) is 24.4 Å². The van der Waals surface area contributed by atoms with Crippen molar-refractivity contribution in [1.29, 1.82) is 0 Å². The molecule has 0 atom stereocenters. The van der Waals surface area contributed by atoms with Crippen LogP contribution in [0.3, 0.4) is 0 Å². The molecular formula is C16H17FN6O2. The molecule has 0 saturated heterocycles. The Morgan fingerprint density at radius 1 is 1.16 bits per heavy atom. The minimum absolute atomic E-state index is 0.264. The Kier molecular flexibility index (Phi) is 5.37. The fourth-order valence-corrected chi connectivity index (χ4v) is 1.95. The molecule has 0 saturated carbocycles. The molecule has 0 unspecified atom stereocenters. The summed E-state index contributed by atoms with van der Waals surface area (Å²) in [6.45, 7) is 2.35. The maximum atomic E-state index is 12.8. The van der Waals surface area contributed by atoms with Crippen LogP contribution in [0.1, 0.15) is 18.1 Å². The predicted molar refractivity (Wildman–Crippen MR) is 90.0 cm³/mol. The molecular weight excluding hydrogens is 327 g/mol. The highest BCUT2D eigenvalue weighted by molar-refractivity contribution is 5.98. The molecule has 9 heteroatoms. The van der Waals surface area contributed by atoms with Crippen LogP contribution in [0.4, 0.5) is 4.39 Å². The third-order valence-electron chi connectivity index (χ3n) is 3.31. The number of oxime groups is 1. The van der Waals surface area contributed by atoms with E-state index in [-0.39, 0.29) is 19.0 Å². The van der Waals surface area contributed by atoms with Gasteiger partial charge in [-0.15, -0.1) is 10.6 Å². The van der Waals surface area contributed by atoms with Crippen LogP contribution >= 0.6 is 0 Å². The van der Waals surface area contributed by atoms with Crippen molar-refractivity contribution in [3.63, 3.8) is 0 Å². The van der Waals surface area contributed by atoms with Gasteiger partial charge in [-0.2, -0.15) is 0 Å². The van der Waals surface area contributed by atoms with Gasteiger partial charge in [-0.1, -0.05) is 17.3 Å². The van der Waals surface area contributed by atoms with Crippen molar-refractivity contribution in [3.05, 3.63) is 59.5 Å². The Morgan fingerprint density at radius 3 is 2.68 bits per heavy atom. The number of hydrazone groups is 1. The predicted octanol–water partition coefficient (Wildman–Crippen LogP) is 1.47. The van der Waals surface area contributed by atoms with Gasteiger partial charge in [0.2, 0.25) is 5.88 Å². The summed E-state index contributed by atoms with van der Waals surface area (Å²) in [6.07, 6.45) is 1.65. The second-order valence-corrected chi connectivity index (χ2v) is 5.17. The number of rotatable bonds is 7. The molecule has 8 nitrogen and oxygen atoms in total. The Balaban J connectivity index is 1.50. The summed E-state index contributed by atoms with van der Waals surface area (Å²) in [5.74, 6) is 0.818. The average molecular weight is 344 g/mol. The zero-order valence-electron chi connectivity index (χ0n) is 13.5. The first kappa shape index (κ1) is 16.7. The summed E-state index contributed by atoms with van der Waals surface area (Å²) in [6, 6.07) is 9.66. The molecule has 2 heterocycles. The molecule has 1 aromatic carbocycles. The number of ether oxygens (including phenoxy) is 1. The fraction of sp³-hybridized carbons (Fsp3) is 0.188. The van der Waals surface area contributed by atoms with Gasteiger partial charge in [0.1, 0.15) is 12.4 Å². The normalized spacial score (nSPS) is 13.7. The lowest BCUT2D eigenvalue weighted by Crippen LogP contribution is -2.37. The molecule has 0 bridgehead atoms. The Bertz CT molecular complexity index is 761. The molecule has 3 N–H and O–H groups in total. The van der Waals surface area contributed by atoms with E-state index in [1.807, 2.05) is 13.0 Å². The standard InChI is InChI=1S/C16H17FN6O2/c1-11(21-25-9-12-2-5-14(17)6-3-12)13-4-7-16(18-8-13)24-10-15-19-22-23-20-15/h2-8,22-23H,9-10H2,1H3,(H,19,20)/b21-11+. The summed E-state index contributed by atoms with van der Waals surface area (Å²) >= 11 is 0. The van der Waals surface area contributed by atoms with Crippen molar-refractivity contribution in [3.8, 4) is 5.88 Å². The zero-order valence-corrected chi connectivity index (χ0v) is 13.5. The Hall–Kier alpha value is -3.20. The van der Waals surface area contributed by atoms with Gasteiger partial charge in [-0.25, -0.2) is 14.9 Å². The van der Waals surface area contributed by atoms with Crippen LogP contribution in [0.2, 0.25) is 0 Å². The first-order valence-corrected chi connectivity index (χ1v) is 7.53. The smallest absolute Gasteiger partial charge is 0.213 e. The highest BCUT2D eigenvalue weighted by atomic mass is 19.1. The van der Waals surface area contributed by atoms with E-state index < -0.39 is 0 Å². The second kappa shape index (κ2) is 8.06. The number of hydrogen-bond donors (Lipinski definition) is 3. The van der Waals surface area contributed by atoms with Crippen LogP contribution in [0.15, 0.2) is 52.9 Å². The lowest BCUT2D eigenvalue weighted by atomic mass is 10.2. The van der Waals surface area contributed by atoms with Gasteiger partial charge in [0.15, 0.2) is 12.4 Å². The van der Waals surface area contributed by atoms with Crippen LogP contribution in [0.5, 0.6) is 5.88 Å². The Labute approximate surface area is 143 Å². The third-order valence-corrected chi connectivity index (χ3v) is 3.31. The largest absolute Gasteiger partial charge is 0.469 e. The number of aromatic nitrogens is 1. The number of hydrazine groups is 2. The van der Waals surface area contributed by atoms with E-state index in [0.29, 0.717) is 17.4 Å². The molecule has 1 aromatic heterocycles. The first-order chi connectivity index (χ1) is 12.2. The van der Waals surface area contributed by atoms with E-state index >= 15 is 0 Å². The molecule has 130 valence electrons. The summed E-state index contributed by atoms with van der Waals surface area (Å²) < 4.78 is 18.3. The van der Waals surface area contributed by atoms with Gasteiger partial charge in [-0.3, -0.25) is 5.43 Å². The fourth-order valence-electron chi connectivity index (χ4n) is 1.95. The van der Waals surface area contributed by atoms with Crippen molar-refractivity contribution >= 4 is 11.5 Å². The monoisotopic (exact) mass is 344 g/mol. The maximum absolute atomic E-state index is 12.8. The van der Waals surface area contributed by atoms with E-state index in [2.05, 4.69) is 31.7 Å². The number of benzene rings is 1. The van der Waals surface area contributed by atoms with E-state index in [9.17, 15) is 4.39 Å². The molecule has 1 aliphatic heterocycles. The quantitative estimate of drug-likeness (QED) is 0.520. The Morgan fingerprint density at radius 2 is 2.00 bits per heavy atom. The second-order valence-electron chi connectivity index (χ2n) is 5.17. The molecule has 0 spiro atoms. The van der Waals surface area contributed by atoms with Gasteiger partial charge < -0.3 is 9.57 Å². The number of nitrogens with zero attached hydrogens (tertiary/aromatic N) is 3. The molecule has 1 aliphatic rings. The number of nitrogens with one attached hydrogen (secondary N) is 3. The van der Waals surface area contributed by atoms with Gasteiger partial charge in [0.05, 0.1) is 5.71 Å². The van der Waals surface area contributed by atoms with Crippen molar-refractivity contribution in [2.45, 2.75) is 13.5 Å². The molecule has 25 heavy (non-hydrogen) atoms. The van der Waals surface area contributed by atoms with Crippen LogP contribution in [-0.4, -0.2) is 23.1 Å². The highest BCUT2D eigenvalue weighted by Crippen LogP contribution is 2.10. The third kappa shape index (κ3) is 4.88. The minimum Gasteiger partial charge on any atom is -0.469 e. The number of halogens is 1. The number of hydrogen-bond acceptors (Lipinski definition) is 8. The van der Waals surface area contributed by atoms with E-state index in [0.717, 1.165) is 11.1 Å². The number of pyridine rings is 1. The summed E-state index contributed by atoms with van der Waals surface area (Å²) in [5.41, 5.74) is 10.3. The van der Waals surface area contributed by atoms with Gasteiger partial charge >= 0.3 is 0 Å². The van der Waals surface area contributed by atoms with Crippen molar-refractivity contribution < 1.29 is 14.0 Å². The van der Waals surface area contributed by atoms with Gasteiger partial charge in [0.25, 0.3) is 0 Å². The highest BCUT2D eigenvalue weighted by Gasteiger charge is 2.06. The lowest BCUT2D eigenvalue weighted by molar-refractivity contribution is 0.130. The lowest BCUT2D eigenvalue weighted by Gasteiger charge is -2.06. The van der Waals surface area contributed by atoms with Crippen LogP contribution in [0.25, 0.3) is 0 Å². The van der Waals surface area contributed by atoms with E-state index in [4.69, 9.17) is 9.57 Å². The van der Waals surface area contributed by atoms with E-state index in [1.165, 1.54) is 12.1 Å². The van der Waals surface area contributed by atoms with Crippen LogP contribution in [-0.2, 0) is 11.4 Å². The zero-order chi connectivity index (χ0) is 17.5. The molecule has 0 aliphatic carbocycles. The summed E-state index contributed by atoms with van der Waals surface area (Å²) in [4.78, 5) is 9.50. The molecule has 0 radical (unpaired) electrons. The first-order valence-electron chi connectivity index (χ1n) is 7.53. The van der Waals surface area contributed by atoms with Gasteiger partial charge in [0, 0.05) is 17.8 Å². The maximum Gasteiger partial charge on any atom is 0.213 e. The summed E-state index contributed by atoms with van der Waals surface area (Å²) in [7, 11) is 0. The topological polar surface area (TPSA) is 92.2 Å². The molecule has 0 amide bonds. The molecule has 0 fully saturated rings. The minimum atomic E-state index is -0.278. The van der Waals surface area contributed by atoms with Crippen LogP contribution in [0, 0.1) is 5.82 Å².